The molecule has 0 aliphatic heterocycles. The number of hydrogen-bond donors (Lipinski definition) is 2. The average Bonchev–Trinajstić information content (AvgIpc) is 2.15. The molecule has 5 heteroatoms. The number of rotatable bonds is 6. The van der Waals surface area contributed by atoms with Gasteiger partial charge in [-0.2, -0.15) is 0 Å². The van der Waals surface area contributed by atoms with Gasteiger partial charge in [0.15, 0.2) is 0 Å². The number of amides is 1. The second kappa shape index (κ2) is 6.02. The highest BCUT2D eigenvalue weighted by Crippen LogP contribution is 2.21. The van der Waals surface area contributed by atoms with Crippen LogP contribution in [0.1, 0.15) is 20.3 Å². The SMILES string of the molecule is CCC(C)(C(=O)NCCN(C)C)C(N)=S. The number of nitrogens with zero attached hydrogens (tertiary/aromatic N) is 1. The molecule has 0 aromatic carbocycles. The lowest BCUT2D eigenvalue weighted by Crippen LogP contribution is -2.47. The summed E-state index contributed by atoms with van der Waals surface area (Å²) in [5.41, 5.74) is 4.85. The van der Waals surface area contributed by atoms with Crippen LogP contribution < -0.4 is 11.1 Å². The van der Waals surface area contributed by atoms with Gasteiger partial charge < -0.3 is 16.0 Å². The molecule has 0 aliphatic carbocycles. The van der Waals surface area contributed by atoms with Crippen molar-refractivity contribution >= 4 is 23.1 Å². The molecule has 0 radical (unpaired) electrons. The van der Waals surface area contributed by atoms with E-state index >= 15 is 0 Å². The van der Waals surface area contributed by atoms with Crippen molar-refractivity contribution in [3.63, 3.8) is 0 Å². The summed E-state index contributed by atoms with van der Waals surface area (Å²) < 4.78 is 0. The average molecular weight is 231 g/mol. The van der Waals surface area contributed by atoms with Crippen LogP contribution in [-0.4, -0.2) is 43.0 Å². The van der Waals surface area contributed by atoms with E-state index in [1.165, 1.54) is 0 Å². The molecule has 3 N–H and O–H groups in total. The maximum atomic E-state index is 11.8. The normalized spacial score (nSPS) is 14.7. The third-order valence-corrected chi connectivity index (χ3v) is 3.05. The summed E-state index contributed by atoms with van der Waals surface area (Å²) in [4.78, 5) is 14.1. The molecule has 4 nitrogen and oxygen atoms in total. The summed E-state index contributed by atoms with van der Waals surface area (Å²) in [5.74, 6) is -0.0839. The standard InChI is InChI=1S/C10H21N3OS/c1-5-10(2,8(11)15)9(14)12-6-7-13(3)4/h5-7H2,1-4H3,(H2,11,15)(H,12,14). The van der Waals surface area contributed by atoms with Gasteiger partial charge in [-0.3, -0.25) is 4.79 Å². The number of likely N-dealkylation sites (N-methyl/N-ethyl adjacent to an activating group) is 1. The van der Waals surface area contributed by atoms with E-state index in [0.29, 0.717) is 13.0 Å². The highest BCUT2D eigenvalue weighted by molar-refractivity contribution is 7.80. The lowest BCUT2D eigenvalue weighted by atomic mass is 9.86. The molecule has 0 rings (SSSR count). The van der Waals surface area contributed by atoms with E-state index < -0.39 is 5.41 Å². The maximum Gasteiger partial charge on any atom is 0.232 e. The fraction of sp³-hybridized carbons (Fsp3) is 0.800. The van der Waals surface area contributed by atoms with E-state index in [-0.39, 0.29) is 10.9 Å². The Morgan fingerprint density at radius 1 is 1.53 bits per heavy atom. The summed E-state index contributed by atoms with van der Waals surface area (Å²) in [6.45, 7) is 5.11. The summed E-state index contributed by atoms with van der Waals surface area (Å²) in [6, 6.07) is 0. The van der Waals surface area contributed by atoms with Crippen molar-refractivity contribution in [3.05, 3.63) is 0 Å². The van der Waals surface area contributed by atoms with Gasteiger partial charge in [0, 0.05) is 13.1 Å². The molecule has 0 aromatic heterocycles. The molecule has 0 saturated heterocycles. The fourth-order valence-corrected chi connectivity index (χ4v) is 1.27. The second-order valence-electron chi connectivity index (χ2n) is 4.11. The van der Waals surface area contributed by atoms with Gasteiger partial charge in [-0.15, -0.1) is 0 Å². The Balaban J connectivity index is 4.23. The number of hydrogen-bond acceptors (Lipinski definition) is 3. The largest absolute Gasteiger partial charge is 0.392 e. The zero-order valence-electron chi connectivity index (χ0n) is 9.96. The monoisotopic (exact) mass is 231 g/mol. The molecule has 0 aromatic rings. The van der Waals surface area contributed by atoms with Crippen molar-refractivity contribution in [2.75, 3.05) is 27.2 Å². The summed E-state index contributed by atoms with van der Waals surface area (Å²) >= 11 is 4.91. The van der Waals surface area contributed by atoms with Crippen molar-refractivity contribution in [1.82, 2.24) is 10.2 Å². The van der Waals surface area contributed by atoms with Crippen LogP contribution in [0.5, 0.6) is 0 Å². The number of nitrogens with two attached hydrogens (primary N) is 1. The molecule has 0 aliphatic rings. The Morgan fingerprint density at radius 2 is 2.07 bits per heavy atom. The predicted octanol–water partition coefficient (Wildman–Crippen LogP) is 0.367. The van der Waals surface area contributed by atoms with Gasteiger partial charge in [0.05, 0.1) is 10.4 Å². The van der Waals surface area contributed by atoms with Crippen LogP contribution in [0.25, 0.3) is 0 Å². The van der Waals surface area contributed by atoms with Crippen LogP contribution in [0.3, 0.4) is 0 Å². The van der Waals surface area contributed by atoms with Crippen LogP contribution in [-0.2, 0) is 4.79 Å². The maximum absolute atomic E-state index is 11.8. The summed E-state index contributed by atoms with van der Waals surface area (Å²) in [5, 5.41) is 2.84. The van der Waals surface area contributed by atoms with Crippen LogP contribution >= 0.6 is 12.2 Å². The number of carbonyl (C=O) groups excluding carboxylic acids is 1. The molecule has 0 spiro atoms. The minimum absolute atomic E-state index is 0.0839. The van der Waals surface area contributed by atoms with Gasteiger partial charge in [-0.1, -0.05) is 19.1 Å². The molecule has 15 heavy (non-hydrogen) atoms. The lowest BCUT2D eigenvalue weighted by molar-refractivity contribution is -0.127. The zero-order valence-corrected chi connectivity index (χ0v) is 10.8. The Bertz CT molecular complexity index is 243. The molecule has 1 unspecified atom stereocenters. The molecule has 1 amide bonds. The van der Waals surface area contributed by atoms with Crippen molar-refractivity contribution in [2.24, 2.45) is 11.1 Å². The highest BCUT2D eigenvalue weighted by atomic mass is 32.1. The zero-order chi connectivity index (χ0) is 12.1. The third kappa shape index (κ3) is 4.13. The second-order valence-corrected chi connectivity index (χ2v) is 4.55. The van der Waals surface area contributed by atoms with Gasteiger partial charge in [0.2, 0.25) is 5.91 Å². The first-order chi connectivity index (χ1) is 6.84. The topological polar surface area (TPSA) is 58.4 Å². The predicted molar refractivity (Wildman–Crippen MR) is 66.7 cm³/mol. The first kappa shape index (κ1) is 14.3. The van der Waals surface area contributed by atoms with Gasteiger partial charge >= 0.3 is 0 Å². The molecule has 88 valence electrons. The van der Waals surface area contributed by atoms with E-state index in [4.69, 9.17) is 18.0 Å². The molecular formula is C10H21N3OS. The summed E-state index contributed by atoms with van der Waals surface area (Å²) in [6.07, 6.45) is 0.621. The van der Waals surface area contributed by atoms with Crippen LogP contribution in [0, 0.1) is 5.41 Å². The Kier molecular flexibility index (Phi) is 5.75. The van der Waals surface area contributed by atoms with Crippen molar-refractivity contribution in [3.8, 4) is 0 Å². The number of nitrogens with one attached hydrogen (secondary N) is 1. The van der Waals surface area contributed by atoms with E-state index in [1.54, 1.807) is 6.92 Å². The first-order valence-electron chi connectivity index (χ1n) is 5.07. The van der Waals surface area contributed by atoms with Crippen molar-refractivity contribution in [1.29, 1.82) is 0 Å². The van der Waals surface area contributed by atoms with E-state index in [2.05, 4.69) is 5.32 Å². The van der Waals surface area contributed by atoms with Crippen LogP contribution in [0.2, 0.25) is 0 Å². The fourth-order valence-electron chi connectivity index (χ4n) is 1.03. The van der Waals surface area contributed by atoms with E-state index in [0.717, 1.165) is 6.54 Å². The molecule has 0 fully saturated rings. The number of thiocarbonyl (C=S) groups is 1. The minimum atomic E-state index is -0.721. The Hall–Kier alpha value is -0.680. The van der Waals surface area contributed by atoms with E-state index in [9.17, 15) is 4.79 Å². The lowest BCUT2D eigenvalue weighted by Gasteiger charge is -2.25. The van der Waals surface area contributed by atoms with Gasteiger partial charge in [-0.05, 0) is 27.4 Å². The van der Waals surface area contributed by atoms with Gasteiger partial charge in [-0.25, -0.2) is 0 Å². The molecule has 1 atom stereocenters. The van der Waals surface area contributed by atoms with Gasteiger partial charge in [0.25, 0.3) is 0 Å². The van der Waals surface area contributed by atoms with Crippen LogP contribution in [0.15, 0.2) is 0 Å². The smallest absolute Gasteiger partial charge is 0.232 e. The highest BCUT2D eigenvalue weighted by Gasteiger charge is 2.34. The first-order valence-corrected chi connectivity index (χ1v) is 5.48. The summed E-state index contributed by atoms with van der Waals surface area (Å²) in [7, 11) is 3.91. The number of carbonyl (C=O) groups is 1. The van der Waals surface area contributed by atoms with Gasteiger partial charge in [0.1, 0.15) is 0 Å². The molecular weight excluding hydrogens is 210 g/mol. The van der Waals surface area contributed by atoms with E-state index in [1.807, 2.05) is 25.9 Å². The molecule has 0 heterocycles. The molecule has 0 bridgehead atoms. The van der Waals surface area contributed by atoms with Crippen molar-refractivity contribution < 1.29 is 4.79 Å². The van der Waals surface area contributed by atoms with Crippen LogP contribution in [0.4, 0.5) is 0 Å². The molecule has 0 saturated carbocycles. The van der Waals surface area contributed by atoms with Crippen molar-refractivity contribution in [2.45, 2.75) is 20.3 Å². The Labute approximate surface area is 97.2 Å². The Morgan fingerprint density at radius 3 is 2.40 bits per heavy atom. The quantitative estimate of drug-likeness (QED) is 0.648. The minimum Gasteiger partial charge on any atom is -0.392 e. The third-order valence-electron chi connectivity index (χ3n) is 2.60.